The van der Waals surface area contributed by atoms with Crippen LogP contribution in [0.2, 0.25) is 0 Å². The first-order valence-electron chi connectivity index (χ1n) is 1.92. The van der Waals surface area contributed by atoms with E-state index < -0.39 is 5.97 Å². The summed E-state index contributed by atoms with van der Waals surface area (Å²) in [6.45, 7) is 2.98. The van der Waals surface area contributed by atoms with E-state index in [4.69, 9.17) is 10.5 Å². The lowest BCUT2D eigenvalue weighted by molar-refractivity contribution is -0.135. The number of carboxylic acid groups (broad SMARTS) is 1. The second-order valence-corrected chi connectivity index (χ2v) is 1.18. The molecule has 0 spiro atoms. The molecule has 0 bridgehead atoms. The third-order valence-electron chi connectivity index (χ3n) is 0.510. The minimum Gasteiger partial charge on any atom is -0.481 e. The van der Waals surface area contributed by atoms with Crippen molar-refractivity contribution in [2.45, 2.75) is 6.42 Å². The highest BCUT2D eigenvalue weighted by Gasteiger charge is 1.98. The Labute approximate surface area is 46.4 Å². The zero-order valence-corrected chi connectivity index (χ0v) is 4.22. The normalized spacial score (nSPS) is 8.00. The van der Waals surface area contributed by atoms with Crippen LogP contribution in [-0.4, -0.2) is 23.6 Å². The van der Waals surface area contributed by atoms with Gasteiger partial charge in [0.1, 0.15) is 12.3 Å². The molecule has 0 heterocycles. The second kappa shape index (κ2) is 2.90. The van der Waals surface area contributed by atoms with Gasteiger partial charge in [-0.15, -0.1) is 0 Å². The maximum Gasteiger partial charge on any atom is 0.311 e. The first-order valence-corrected chi connectivity index (χ1v) is 1.92. The summed E-state index contributed by atoms with van der Waals surface area (Å²) in [7, 11) is 0. The molecule has 0 atom stereocenters. The van der Waals surface area contributed by atoms with Crippen LogP contribution < -0.4 is 0 Å². The molecule has 0 radical (unpaired) electrons. The Hall–Kier alpha value is -1.19. The van der Waals surface area contributed by atoms with Gasteiger partial charge in [-0.2, -0.15) is 0 Å². The van der Waals surface area contributed by atoms with Crippen LogP contribution in [0.4, 0.5) is 0 Å². The quantitative estimate of drug-likeness (QED) is 0.395. The third kappa shape index (κ3) is 3.02. The van der Waals surface area contributed by atoms with Crippen molar-refractivity contribution in [3.63, 3.8) is 0 Å². The summed E-state index contributed by atoms with van der Waals surface area (Å²) in [4.78, 5) is 12.8. The minimum atomic E-state index is -1.05. The molecule has 8 heavy (non-hydrogen) atoms. The van der Waals surface area contributed by atoms with E-state index in [-0.39, 0.29) is 12.3 Å². The fourth-order valence-corrected chi connectivity index (χ4v) is 0.199. The Morgan fingerprint density at radius 3 is 2.50 bits per heavy atom. The Bertz CT molecular complexity index is 130. The molecule has 0 aliphatic rings. The number of rotatable bonds is 2. The lowest BCUT2D eigenvalue weighted by Gasteiger charge is -1.86. The van der Waals surface area contributed by atoms with Crippen molar-refractivity contribution in [2.24, 2.45) is 4.99 Å². The largest absolute Gasteiger partial charge is 0.481 e. The maximum atomic E-state index is 9.74. The highest BCUT2D eigenvalue weighted by Crippen LogP contribution is 1.81. The topological polar surface area (TPSA) is 73.5 Å². The molecule has 44 valence electrons. The number of carboxylic acids is 1. The second-order valence-electron chi connectivity index (χ2n) is 1.18. The summed E-state index contributed by atoms with van der Waals surface area (Å²) >= 11 is 0. The predicted octanol–water partition coefficient (Wildman–Crippen LogP) is 0.139. The molecule has 0 aromatic rings. The molecule has 4 heteroatoms. The van der Waals surface area contributed by atoms with Crippen molar-refractivity contribution in [1.82, 2.24) is 0 Å². The van der Waals surface area contributed by atoms with Crippen LogP contribution in [0.5, 0.6) is 0 Å². The molecular weight excluding hydrogens is 108 g/mol. The van der Waals surface area contributed by atoms with Crippen LogP contribution in [0.25, 0.3) is 0 Å². The predicted molar refractivity (Wildman–Crippen MR) is 29.5 cm³/mol. The Balaban J connectivity index is 3.55. The van der Waals surface area contributed by atoms with E-state index in [0.29, 0.717) is 0 Å². The molecule has 0 unspecified atom stereocenters. The van der Waals surface area contributed by atoms with Crippen molar-refractivity contribution >= 4 is 18.5 Å². The average Bonchev–Trinajstić information content (AvgIpc) is 1.65. The van der Waals surface area contributed by atoms with Crippen LogP contribution in [0.15, 0.2) is 4.99 Å². The van der Waals surface area contributed by atoms with Gasteiger partial charge in [-0.3, -0.25) is 10.2 Å². The van der Waals surface area contributed by atoms with E-state index in [1.165, 1.54) is 0 Å². The van der Waals surface area contributed by atoms with E-state index >= 15 is 0 Å². The van der Waals surface area contributed by atoms with Crippen molar-refractivity contribution in [3.8, 4) is 0 Å². The van der Waals surface area contributed by atoms with Crippen LogP contribution in [-0.2, 0) is 4.79 Å². The van der Waals surface area contributed by atoms with Crippen LogP contribution >= 0.6 is 0 Å². The standard InChI is InChI=1S/C4H6N2O2/c1-6-3(5)2-4(7)8/h5H,1-2H2,(H,7,8). The SMILES string of the molecule is C=NC(=N)CC(=O)O. The Morgan fingerprint density at radius 2 is 2.38 bits per heavy atom. The molecule has 4 nitrogen and oxygen atoms in total. The molecule has 0 aliphatic carbocycles. The summed E-state index contributed by atoms with van der Waals surface area (Å²) in [6.07, 6.45) is -0.344. The van der Waals surface area contributed by atoms with Crippen molar-refractivity contribution in [3.05, 3.63) is 0 Å². The average molecular weight is 114 g/mol. The van der Waals surface area contributed by atoms with Gasteiger partial charge in [-0.25, -0.2) is 4.99 Å². The van der Waals surface area contributed by atoms with Gasteiger partial charge in [0.2, 0.25) is 0 Å². The highest BCUT2D eigenvalue weighted by molar-refractivity contribution is 5.96. The first-order chi connectivity index (χ1) is 3.66. The van der Waals surface area contributed by atoms with Crippen LogP contribution in [0.3, 0.4) is 0 Å². The first kappa shape index (κ1) is 6.81. The third-order valence-corrected chi connectivity index (χ3v) is 0.510. The fraction of sp³-hybridized carbons (Fsp3) is 0.250. The summed E-state index contributed by atoms with van der Waals surface area (Å²) in [5.41, 5.74) is 0. The number of amidine groups is 1. The molecular formula is C4H6N2O2. The lowest BCUT2D eigenvalue weighted by atomic mass is 10.4. The smallest absolute Gasteiger partial charge is 0.311 e. The molecule has 0 rings (SSSR count). The molecule has 0 saturated carbocycles. The van der Waals surface area contributed by atoms with Crippen LogP contribution in [0.1, 0.15) is 6.42 Å². The molecule has 2 N–H and O–H groups in total. The summed E-state index contributed by atoms with van der Waals surface area (Å²) in [5.74, 6) is -1.26. The van der Waals surface area contributed by atoms with Gasteiger partial charge < -0.3 is 5.11 Å². The molecule has 0 saturated heterocycles. The van der Waals surface area contributed by atoms with Gasteiger partial charge in [0.05, 0.1) is 0 Å². The number of hydrogen-bond acceptors (Lipinski definition) is 2. The molecule has 0 aromatic heterocycles. The number of aliphatic carboxylic acids is 1. The van der Waals surface area contributed by atoms with E-state index in [1.54, 1.807) is 0 Å². The van der Waals surface area contributed by atoms with E-state index in [9.17, 15) is 4.79 Å². The van der Waals surface area contributed by atoms with E-state index in [0.717, 1.165) is 0 Å². The number of hydrogen-bond donors (Lipinski definition) is 2. The van der Waals surface area contributed by atoms with Crippen molar-refractivity contribution in [1.29, 1.82) is 5.41 Å². The van der Waals surface area contributed by atoms with Gasteiger partial charge >= 0.3 is 5.97 Å². The van der Waals surface area contributed by atoms with Gasteiger partial charge in [0.15, 0.2) is 0 Å². The monoisotopic (exact) mass is 114 g/mol. The van der Waals surface area contributed by atoms with Gasteiger partial charge in [0.25, 0.3) is 0 Å². The molecule has 0 fully saturated rings. The fourth-order valence-electron chi connectivity index (χ4n) is 0.199. The van der Waals surface area contributed by atoms with Crippen molar-refractivity contribution < 1.29 is 9.90 Å². The summed E-state index contributed by atoms with van der Waals surface area (Å²) in [6, 6.07) is 0. The zero-order chi connectivity index (χ0) is 6.57. The van der Waals surface area contributed by atoms with E-state index in [1.807, 2.05) is 0 Å². The number of nitrogens with one attached hydrogen (secondary N) is 1. The Morgan fingerprint density at radius 1 is 1.88 bits per heavy atom. The van der Waals surface area contributed by atoms with Crippen molar-refractivity contribution in [2.75, 3.05) is 0 Å². The summed E-state index contributed by atoms with van der Waals surface area (Å²) < 4.78 is 0. The number of carbonyl (C=O) groups is 1. The minimum absolute atomic E-state index is 0.211. The number of nitrogens with zero attached hydrogens (tertiary/aromatic N) is 1. The highest BCUT2D eigenvalue weighted by atomic mass is 16.4. The number of aliphatic imine (C=N–C) groups is 1. The van der Waals surface area contributed by atoms with Gasteiger partial charge in [-0.1, -0.05) is 0 Å². The molecule has 0 amide bonds. The zero-order valence-electron chi connectivity index (χ0n) is 4.22. The maximum absolute atomic E-state index is 9.74. The Kier molecular flexibility index (Phi) is 2.47. The molecule has 0 aromatic carbocycles. The summed E-state index contributed by atoms with van der Waals surface area (Å²) in [5, 5.41) is 14.6. The molecule has 0 aliphatic heterocycles. The lowest BCUT2D eigenvalue weighted by Crippen LogP contribution is -2.01. The van der Waals surface area contributed by atoms with Crippen LogP contribution in [0, 0.1) is 5.41 Å². The van der Waals surface area contributed by atoms with Gasteiger partial charge in [-0.05, 0) is 6.72 Å². The van der Waals surface area contributed by atoms with E-state index in [2.05, 4.69) is 11.7 Å². The van der Waals surface area contributed by atoms with Gasteiger partial charge in [0, 0.05) is 0 Å².